The van der Waals surface area contributed by atoms with Crippen LogP contribution in [0.5, 0.6) is 0 Å². The van der Waals surface area contributed by atoms with Crippen LogP contribution in [0, 0.1) is 0 Å². The zero-order valence-electron chi connectivity index (χ0n) is 12.5. The first-order chi connectivity index (χ1) is 10.4. The summed E-state index contributed by atoms with van der Waals surface area (Å²) in [5, 5.41) is 8.44. The van der Waals surface area contributed by atoms with Gasteiger partial charge in [0.05, 0.1) is 6.54 Å². The Morgan fingerprint density at radius 1 is 1.45 bits per heavy atom. The van der Waals surface area contributed by atoms with Crippen LogP contribution in [-0.2, 0) is 16.9 Å². The highest BCUT2D eigenvalue weighted by atomic mass is 32.1. The molecule has 7 nitrogen and oxygen atoms in total. The Morgan fingerprint density at radius 3 is 2.82 bits per heavy atom. The van der Waals surface area contributed by atoms with Gasteiger partial charge in [-0.15, -0.1) is 11.3 Å². The maximum absolute atomic E-state index is 12.6. The van der Waals surface area contributed by atoms with Crippen molar-refractivity contribution in [2.24, 2.45) is 0 Å². The molecular formula is C14H16N4O3S. The van der Waals surface area contributed by atoms with E-state index in [-0.39, 0.29) is 18.4 Å². The molecule has 0 aliphatic carbocycles. The number of aromatic nitrogens is 2. The van der Waals surface area contributed by atoms with Gasteiger partial charge >= 0.3 is 6.03 Å². The van der Waals surface area contributed by atoms with Crippen molar-refractivity contribution in [1.29, 1.82) is 0 Å². The summed E-state index contributed by atoms with van der Waals surface area (Å²) < 4.78 is 5.10. The second kappa shape index (κ2) is 5.20. The van der Waals surface area contributed by atoms with Crippen LogP contribution in [0.25, 0.3) is 0 Å². The predicted octanol–water partition coefficient (Wildman–Crippen LogP) is 2.22. The van der Waals surface area contributed by atoms with E-state index in [1.54, 1.807) is 6.92 Å². The molecule has 1 aliphatic rings. The van der Waals surface area contributed by atoms with Gasteiger partial charge in [-0.2, -0.15) is 4.98 Å². The first-order valence-electron chi connectivity index (χ1n) is 6.92. The largest absolute Gasteiger partial charge is 0.339 e. The molecule has 3 amide bonds. The number of hydrogen-bond donors (Lipinski definition) is 1. The Hall–Kier alpha value is -2.22. The van der Waals surface area contributed by atoms with Gasteiger partial charge in [0.2, 0.25) is 5.89 Å². The van der Waals surface area contributed by atoms with E-state index in [0.29, 0.717) is 11.7 Å². The number of hydrogen-bond acceptors (Lipinski definition) is 6. The van der Waals surface area contributed by atoms with Gasteiger partial charge in [-0.25, -0.2) is 4.79 Å². The average molecular weight is 320 g/mol. The van der Waals surface area contributed by atoms with Crippen LogP contribution in [0.3, 0.4) is 0 Å². The molecular weight excluding hydrogens is 304 g/mol. The molecule has 2 aromatic rings. The van der Waals surface area contributed by atoms with Gasteiger partial charge in [0.15, 0.2) is 11.4 Å². The van der Waals surface area contributed by atoms with Crippen LogP contribution in [0.15, 0.2) is 22.0 Å². The number of imide groups is 1. The standard InChI is InChI=1S/C14H16N4O3S/c1-8(2)11-15-10(17-21-11)7-18-12(19)14(3,16-13(18)20)9-5-4-6-22-9/h4-6,8H,7H2,1-3H3,(H,16,20). The second-order valence-electron chi connectivity index (χ2n) is 5.63. The van der Waals surface area contributed by atoms with Gasteiger partial charge in [-0.1, -0.05) is 25.1 Å². The summed E-state index contributed by atoms with van der Waals surface area (Å²) in [6.45, 7) is 5.56. The molecule has 8 heteroatoms. The number of thiophene rings is 1. The molecule has 0 spiro atoms. The van der Waals surface area contributed by atoms with Crippen LogP contribution in [-0.4, -0.2) is 27.0 Å². The molecule has 3 rings (SSSR count). The average Bonchev–Trinajstić information content (AvgIpc) is 3.17. The smallest absolute Gasteiger partial charge is 0.325 e. The maximum Gasteiger partial charge on any atom is 0.325 e. The molecule has 1 unspecified atom stereocenters. The lowest BCUT2D eigenvalue weighted by molar-refractivity contribution is -0.131. The minimum Gasteiger partial charge on any atom is -0.339 e. The van der Waals surface area contributed by atoms with Gasteiger partial charge in [0.25, 0.3) is 5.91 Å². The molecule has 0 saturated carbocycles. The van der Waals surface area contributed by atoms with Crippen LogP contribution in [0.1, 0.15) is 43.3 Å². The lowest BCUT2D eigenvalue weighted by atomic mass is 10.0. The fraction of sp³-hybridized carbons (Fsp3) is 0.429. The molecule has 116 valence electrons. The van der Waals surface area contributed by atoms with E-state index in [9.17, 15) is 9.59 Å². The summed E-state index contributed by atoms with van der Waals surface area (Å²) in [5.41, 5.74) is -1.03. The highest BCUT2D eigenvalue weighted by Crippen LogP contribution is 2.32. The molecule has 22 heavy (non-hydrogen) atoms. The Bertz CT molecular complexity index is 710. The molecule has 1 N–H and O–H groups in total. The van der Waals surface area contributed by atoms with Gasteiger partial charge in [0.1, 0.15) is 0 Å². The Kier molecular flexibility index (Phi) is 3.48. The number of nitrogens with one attached hydrogen (secondary N) is 1. The van der Waals surface area contributed by atoms with E-state index in [0.717, 1.165) is 9.78 Å². The molecule has 1 atom stereocenters. The molecule has 1 aliphatic heterocycles. The third-order valence-corrected chi connectivity index (χ3v) is 4.66. The fourth-order valence-electron chi connectivity index (χ4n) is 2.28. The number of carbonyl (C=O) groups is 2. The summed E-state index contributed by atoms with van der Waals surface area (Å²) in [7, 11) is 0. The van der Waals surface area contributed by atoms with E-state index in [4.69, 9.17) is 4.52 Å². The summed E-state index contributed by atoms with van der Waals surface area (Å²) in [6.07, 6.45) is 0. The van der Waals surface area contributed by atoms with E-state index in [1.165, 1.54) is 11.3 Å². The molecule has 0 aromatic carbocycles. The van der Waals surface area contributed by atoms with Crippen LogP contribution >= 0.6 is 11.3 Å². The van der Waals surface area contributed by atoms with Crippen molar-refractivity contribution in [3.05, 3.63) is 34.1 Å². The van der Waals surface area contributed by atoms with Crippen molar-refractivity contribution in [3.63, 3.8) is 0 Å². The monoisotopic (exact) mass is 320 g/mol. The lowest BCUT2D eigenvalue weighted by Crippen LogP contribution is -2.40. The van der Waals surface area contributed by atoms with Crippen molar-refractivity contribution in [2.75, 3.05) is 0 Å². The Morgan fingerprint density at radius 2 is 2.23 bits per heavy atom. The normalized spacial score (nSPS) is 21.7. The number of rotatable bonds is 4. The number of amides is 3. The van der Waals surface area contributed by atoms with E-state index in [2.05, 4.69) is 15.5 Å². The number of urea groups is 1. The molecule has 1 fully saturated rings. The van der Waals surface area contributed by atoms with Crippen molar-refractivity contribution in [3.8, 4) is 0 Å². The van der Waals surface area contributed by atoms with Crippen molar-refractivity contribution >= 4 is 23.3 Å². The highest BCUT2D eigenvalue weighted by molar-refractivity contribution is 7.10. The first-order valence-corrected chi connectivity index (χ1v) is 7.80. The minimum atomic E-state index is -1.03. The lowest BCUT2D eigenvalue weighted by Gasteiger charge is -2.19. The van der Waals surface area contributed by atoms with Gasteiger partial charge in [-0.05, 0) is 18.4 Å². The highest BCUT2D eigenvalue weighted by Gasteiger charge is 2.49. The topological polar surface area (TPSA) is 88.3 Å². The molecule has 1 saturated heterocycles. The van der Waals surface area contributed by atoms with Crippen LogP contribution in [0.2, 0.25) is 0 Å². The molecule has 0 radical (unpaired) electrons. The second-order valence-corrected chi connectivity index (χ2v) is 6.57. The van der Waals surface area contributed by atoms with Crippen molar-refractivity contribution < 1.29 is 14.1 Å². The minimum absolute atomic E-state index is 0.00184. The van der Waals surface area contributed by atoms with Crippen molar-refractivity contribution in [2.45, 2.75) is 38.8 Å². The Balaban J connectivity index is 1.83. The third kappa shape index (κ3) is 2.29. The van der Waals surface area contributed by atoms with Crippen LogP contribution in [0.4, 0.5) is 4.79 Å². The third-order valence-electron chi connectivity index (χ3n) is 3.57. The maximum atomic E-state index is 12.6. The summed E-state index contributed by atoms with van der Waals surface area (Å²) >= 11 is 1.43. The molecule has 2 aromatic heterocycles. The quantitative estimate of drug-likeness (QED) is 0.873. The summed E-state index contributed by atoms with van der Waals surface area (Å²) in [5.74, 6) is 0.599. The van der Waals surface area contributed by atoms with Gasteiger partial charge in [0, 0.05) is 10.8 Å². The Labute approximate surface area is 131 Å². The molecule has 0 bridgehead atoms. The van der Waals surface area contributed by atoms with Gasteiger partial charge in [-0.3, -0.25) is 9.69 Å². The predicted molar refractivity (Wildman–Crippen MR) is 79.1 cm³/mol. The van der Waals surface area contributed by atoms with E-state index >= 15 is 0 Å². The zero-order chi connectivity index (χ0) is 15.9. The molecule has 3 heterocycles. The summed E-state index contributed by atoms with van der Waals surface area (Å²) in [6, 6.07) is 3.23. The van der Waals surface area contributed by atoms with Crippen LogP contribution < -0.4 is 5.32 Å². The fourth-order valence-corrected chi connectivity index (χ4v) is 3.11. The van der Waals surface area contributed by atoms with E-state index < -0.39 is 11.6 Å². The number of carbonyl (C=O) groups excluding carboxylic acids is 2. The van der Waals surface area contributed by atoms with Gasteiger partial charge < -0.3 is 9.84 Å². The number of nitrogens with zero attached hydrogens (tertiary/aromatic N) is 3. The van der Waals surface area contributed by atoms with Crippen molar-refractivity contribution in [1.82, 2.24) is 20.4 Å². The summed E-state index contributed by atoms with van der Waals surface area (Å²) in [4.78, 5) is 30.9. The van der Waals surface area contributed by atoms with E-state index in [1.807, 2.05) is 31.4 Å². The zero-order valence-corrected chi connectivity index (χ0v) is 13.3. The first kappa shape index (κ1) is 14.7. The SMILES string of the molecule is CC(C)c1nc(CN2C(=O)NC(C)(c3cccs3)C2=O)no1.